The average molecular weight is 555 g/mol. The predicted molar refractivity (Wildman–Crippen MR) is 138 cm³/mol. The highest BCUT2D eigenvalue weighted by Crippen LogP contribution is 2.32. The van der Waals surface area contributed by atoms with Gasteiger partial charge >= 0.3 is 5.97 Å². The number of fused-ring (bicyclic) bond motifs is 1. The van der Waals surface area contributed by atoms with E-state index in [2.05, 4.69) is 5.32 Å². The number of nitrogens with zero attached hydrogens (tertiary/aromatic N) is 1. The van der Waals surface area contributed by atoms with Gasteiger partial charge in [0, 0.05) is 12.1 Å². The molecule has 11 heteroatoms. The number of halogens is 2. The lowest BCUT2D eigenvalue weighted by molar-refractivity contribution is -0.121. The number of esters is 1. The van der Waals surface area contributed by atoms with Crippen LogP contribution in [0.25, 0.3) is 0 Å². The van der Waals surface area contributed by atoms with E-state index < -0.39 is 30.3 Å². The third-order valence-electron chi connectivity index (χ3n) is 6.07. The topological polar surface area (TPSA) is 111 Å². The fourth-order valence-corrected chi connectivity index (χ4v) is 4.37. The van der Waals surface area contributed by atoms with E-state index in [0.29, 0.717) is 28.8 Å². The smallest absolute Gasteiger partial charge is 0.338 e. The molecule has 2 heterocycles. The van der Waals surface area contributed by atoms with Crippen LogP contribution in [0.5, 0.6) is 11.5 Å². The van der Waals surface area contributed by atoms with Gasteiger partial charge in [0.2, 0.25) is 12.7 Å². The van der Waals surface area contributed by atoms with Crippen molar-refractivity contribution in [3.05, 3.63) is 87.4 Å². The molecule has 0 spiro atoms. The van der Waals surface area contributed by atoms with Crippen LogP contribution in [0.4, 0.5) is 5.69 Å². The molecule has 194 valence electrons. The van der Waals surface area contributed by atoms with Gasteiger partial charge in [0.1, 0.15) is 0 Å². The molecule has 5 rings (SSSR count). The van der Waals surface area contributed by atoms with Crippen LogP contribution < -0.4 is 19.7 Å². The minimum absolute atomic E-state index is 0.00397. The maximum Gasteiger partial charge on any atom is 0.338 e. The minimum Gasteiger partial charge on any atom is -0.454 e. The number of Topliss-reactive ketones (excluding diaryl/α,β-unsaturated/α-hetero) is 1. The molecular weight excluding hydrogens is 535 g/mol. The number of ketones is 1. The van der Waals surface area contributed by atoms with E-state index in [1.165, 1.54) is 42.5 Å². The fraction of sp³-hybridized carbons (Fsp3) is 0.185. The van der Waals surface area contributed by atoms with Gasteiger partial charge in [-0.15, -0.1) is 0 Å². The molecule has 1 N–H and O–H groups in total. The molecule has 3 aromatic rings. The van der Waals surface area contributed by atoms with Crippen LogP contribution in [0, 0.1) is 0 Å². The Morgan fingerprint density at radius 1 is 0.921 bits per heavy atom. The van der Waals surface area contributed by atoms with Gasteiger partial charge in [-0.05, 0) is 60.2 Å². The van der Waals surface area contributed by atoms with E-state index in [1.54, 1.807) is 6.07 Å². The summed E-state index contributed by atoms with van der Waals surface area (Å²) in [5, 5.41) is 3.64. The molecule has 1 atom stereocenters. The Morgan fingerprint density at radius 2 is 1.66 bits per heavy atom. The van der Waals surface area contributed by atoms with Crippen molar-refractivity contribution in [1.29, 1.82) is 0 Å². The number of hydrogen-bond donors (Lipinski definition) is 1. The van der Waals surface area contributed by atoms with E-state index in [-0.39, 0.29) is 35.3 Å². The largest absolute Gasteiger partial charge is 0.454 e. The highest BCUT2D eigenvalue weighted by molar-refractivity contribution is 6.42. The van der Waals surface area contributed by atoms with Gasteiger partial charge in [0.15, 0.2) is 23.9 Å². The highest BCUT2D eigenvalue weighted by atomic mass is 35.5. The van der Waals surface area contributed by atoms with Gasteiger partial charge < -0.3 is 19.5 Å². The highest BCUT2D eigenvalue weighted by Gasteiger charge is 2.39. The van der Waals surface area contributed by atoms with E-state index in [1.807, 2.05) is 12.1 Å². The normalized spacial score (nSPS) is 16.2. The van der Waals surface area contributed by atoms with Crippen molar-refractivity contribution < 1.29 is 33.4 Å². The number of nitrogens with one attached hydrogen (secondary N) is 1. The number of imide groups is 1. The Labute approximate surface area is 227 Å². The van der Waals surface area contributed by atoms with Gasteiger partial charge in [0.05, 0.1) is 33.8 Å². The second-order valence-corrected chi connectivity index (χ2v) is 9.38. The number of rotatable bonds is 8. The Kier molecular flexibility index (Phi) is 7.33. The van der Waals surface area contributed by atoms with E-state index in [9.17, 15) is 19.2 Å². The fourth-order valence-electron chi connectivity index (χ4n) is 4.07. The minimum atomic E-state index is -0.729. The molecule has 0 aromatic heterocycles. The first kappa shape index (κ1) is 25.7. The molecule has 9 nitrogen and oxygen atoms in total. The first-order valence-electron chi connectivity index (χ1n) is 11.5. The SMILES string of the molecule is O=C(COC(=O)c1ccc(N2C(=O)CC(NCc3ccc4c(c3)OCO4)C2=O)cc1)c1ccc(Cl)c(Cl)c1. The molecular formula is C27H20Cl2N2O7. The van der Waals surface area contributed by atoms with Crippen molar-refractivity contribution in [2.45, 2.75) is 19.0 Å². The number of benzene rings is 3. The Bertz CT molecular complexity index is 1440. The summed E-state index contributed by atoms with van der Waals surface area (Å²) in [4.78, 5) is 51.4. The maximum absolute atomic E-state index is 13.0. The Hall–Kier alpha value is -3.92. The molecule has 2 amide bonds. The molecule has 1 saturated heterocycles. The van der Waals surface area contributed by atoms with Crippen LogP contribution in [-0.4, -0.2) is 43.0 Å². The first-order chi connectivity index (χ1) is 18.3. The second-order valence-electron chi connectivity index (χ2n) is 8.57. The Morgan fingerprint density at radius 3 is 2.42 bits per heavy atom. The summed E-state index contributed by atoms with van der Waals surface area (Å²) < 4.78 is 15.8. The van der Waals surface area contributed by atoms with Crippen molar-refractivity contribution >= 4 is 52.5 Å². The molecule has 0 bridgehead atoms. The number of anilines is 1. The number of amides is 2. The number of hydrogen-bond acceptors (Lipinski definition) is 8. The number of ether oxygens (including phenoxy) is 3. The summed E-state index contributed by atoms with van der Waals surface area (Å²) in [6.07, 6.45) is 0.00397. The molecule has 0 saturated carbocycles. The average Bonchev–Trinajstić information content (AvgIpc) is 3.50. The molecule has 3 aromatic carbocycles. The van der Waals surface area contributed by atoms with Gasteiger partial charge in [0.25, 0.3) is 5.91 Å². The third kappa shape index (κ3) is 5.35. The lowest BCUT2D eigenvalue weighted by atomic mass is 10.1. The summed E-state index contributed by atoms with van der Waals surface area (Å²) in [6, 6.07) is 15.0. The maximum atomic E-state index is 13.0. The predicted octanol–water partition coefficient (Wildman–Crippen LogP) is 4.18. The summed E-state index contributed by atoms with van der Waals surface area (Å²) >= 11 is 11.8. The Balaban J connectivity index is 1.17. The summed E-state index contributed by atoms with van der Waals surface area (Å²) in [5.74, 6) is -0.623. The zero-order chi connectivity index (χ0) is 26.8. The molecule has 1 unspecified atom stereocenters. The van der Waals surface area contributed by atoms with E-state index >= 15 is 0 Å². The lowest BCUT2D eigenvalue weighted by Gasteiger charge is -2.16. The van der Waals surface area contributed by atoms with Crippen molar-refractivity contribution in [2.75, 3.05) is 18.3 Å². The van der Waals surface area contributed by atoms with Crippen LogP contribution >= 0.6 is 23.2 Å². The molecule has 2 aliphatic heterocycles. The summed E-state index contributed by atoms with van der Waals surface area (Å²) in [7, 11) is 0. The summed E-state index contributed by atoms with van der Waals surface area (Å²) in [5.41, 5.74) is 1.63. The molecule has 2 aliphatic rings. The van der Waals surface area contributed by atoms with Crippen molar-refractivity contribution in [2.24, 2.45) is 0 Å². The van der Waals surface area contributed by atoms with Crippen LogP contribution in [0.15, 0.2) is 60.7 Å². The van der Waals surface area contributed by atoms with Crippen molar-refractivity contribution in [1.82, 2.24) is 5.32 Å². The zero-order valence-corrected chi connectivity index (χ0v) is 21.3. The number of carbonyl (C=O) groups is 4. The van der Waals surface area contributed by atoms with Crippen LogP contribution in [0.3, 0.4) is 0 Å². The number of carbonyl (C=O) groups excluding carboxylic acids is 4. The van der Waals surface area contributed by atoms with Gasteiger partial charge in [-0.2, -0.15) is 0 Å². The van der Waals surface area contributed by atoms with Crippen LogP contribution in [0.1, 0.15) is 32.7 Å². The lowest BCUT2D eigenvalue weighted by Crippen LogP contribution is -2.38. The quantitative estimate of drug-likeness (QED) is 0.251. The molecule has 38 heavy (non-hydrogen) atoms. The third-order valence-corrected chi connectivity index (χ3v) is 6.81. The van der Waals surface area contributed by atoms with E-state index in [0.717, 1.165) is 10.5 Å². The molecule has 1 fully saturated rings. The molecule has 0 aliphatic carbocycles. The zero-order valence-electron chi connectivity index (χ0n) is 19.7. The summed E-state index contributed by atoms with van der Waals surface area (Å²) in [6.45, 7) is 0.0441. The van der Waals surface area contributed by atoms with Crippen LogP contribution in [0.2, 0.25) is 10.0 Å². The van der Waals surface area contributed by atoms with Gasteiger partial charge in [-0.3, -0.25) is 14.4 Å². The van der Waals surface area contributed by atoms with Crippen molar-refractivity contribution in [3.8, 4) is 11.5 Å². The van der Waals surface area contributed by atoms with Gasteiger partial charge in [-0.1, -0.05) is 29.3 Å². The standard InChI is InChI=1S/C27H20Cl2N2O7/c28-19-7-4-17(10-20(19)29)22(32)13-36-27(35)16-2-5-18(6-3-16)31-25(33)11-21(26(31)34)30-12-15-1-8-23-24(9-15)38-14-37-23/h1-10,21,30H,11-14H2. The second kappa shape index (κ2) is 10.8. The monoisotopic (exact) mass is 554 g/mol. The van der Waals surface area contributed by atoms with E-state index in [4.69, 9.17) is 37.4 Å². The van der Waals surface area contributed by atoms with Crippen LogP contribution in [-0.2, 0) is 20.9 Å². The first-order valence-corrected chi connectivity index (χ1v) is 12.3. The van der Waals surface area contributed by atoms with Crippen molar-refractivity contribution in [3.63, 3.8) is 0 Å². The molecule has 0 radical (unpaired) electrons. The van der Waals surface area contributed by atoms with Gasteiger partial charge in [-0.25, -0.2) is 9.69 Å².